The largest absolute Gasteiger partial charge is 0.378 e. The van der Waals surface area contributed by atoms with Gasteiger partial charge in [-0.25, -0.2) is 13.1 Å². The maximum absolute atomic E-state index is 12.2. The smallest absolute Gasteiger partial charge is 0.240 e. The summed E-state index contributed by atoms with van der Waals surface area (Å²) >= 11 is 5.94. The molecule has 118 valence electrons. The molecule has 2 rings (SSSR count). The van der Waals surface area contributed by atoms with E-state index in [1.807, 2.05) is 0 Å². The standard InChI is InChI=1S/C14H21ClN2O3S/c15-14-5-4-13(9-11(14)10-16)21(18,19)17-7-6-12-3-1-2-8-20-12/h4-5,9,12,17H,1-3,6-8,10,16H2. The summed E-state index contributed by atoms with van der Waals surface area (Å²) in [6, 6.07) is 4.56. The molecule has 0 aliphatic carbocycles. The minimum atomic E-state index is -3.53. The van der Waals surface area contributed by atoms with Gasteiger partial charge < -0.3 is 10.5 Å². The Balaban J connectivity index is 1.94. The summed E-state index contributed by atoms with van der Waals surface area (Å²) in [5.74, 6) is 0. The van der Waals surface area contributed by atoms with Crippen molar-refractivity contribution < 1.29 is 13.2 Å². The molecular formula is C14H21ClN2O3S. The van der Waals surface area contributed by atoms with Gasteiger partial charge in [0.2, 0.25) is 10.0 Å². The Bertz CT molecular complexity index is 572. The predicted octanol–water partition coefficient (Wildman–Crippen LogP) is 2.04. The van der Waals surface area contributed by atoms with Gasteiger partial charge in [-0.15, -0.1) is 0 Å². The third-order valence-corrected chi connectivity index (χ3v) is 5.41. The molecule has 1 unspecified atom stereocenters. The summed E-state index contributed by atoms with van der Waals surface area (Å²) in [7, 11) is -3.53. The predicted molar refractivity (Wildman–Crippen MR) is 82.7 cm³/mol. The van der Waals surface area contributed by atoms with Crippen molar-refractivity contribution in [2.24, 2.45) is 5.73 Å². The van der Waals surface area contributed by atoms with Crippen molar-refractivity contribution in [1.82, 2.24) is 4.72 Å². The van der Waals surface area contributed by atoms with Gasteiger partial charge in [0.05, 0.1) is 11.0 Å². The SMILES string of the molecule is NCc1cc(S(=O)(=O)NCCC2CCCCO2)ccc1Cl. The fourth-order valence-electron chi connectivity index (χ4n) is 2.35. The van der Waals surface area contributed by atoms with Crippen molar-refractivity contribution in [3.63, 3.8) is 0 Å². The van der Waals surface area contributed by atoms with Crippen molar-refractivity contribution in [2.75, 3.05) is 13.2 Å². The molecule has 1 aliphatic rings. The van der Waals surface area contributed by atoms with Gasteiger partial charge in [0.15, 0.2) is 0 Å². The molecule has 1 aromatic rings. The molecule has 0 amide bonds. The fourth-order valence-corrected chi connectivity index (χ4v) is 3.64. The molecule has 3 N–H and O–H groups in total. The van der Waals surface area contributed by atoms with E-state index in [0.717, 1.165) is 25.9 Å². The number of nitrogens with one attached hydrogen (secondary N) is 1. The van der Waals surface area contributed by atoms with E-state index in [1.165, 1.54) is 12.1 Å². The van der Waals surface area contributed by atoms with Gasteiger partial charge in [0.1, 0.15) is 0 Å². The molecule has 1 saturated heterocycles. The molecule has 1 heterocycles. The number of rotatable bonds is 6. The Morgan fingerprint density at radius 1 is 1.38 bits per heavy atom. The Morgan fingerprint density at radius 2 is 2.19 bits per heavy atom. The number of hydrogen-bond donors (Lipinski definition) is 2. The normalized spacial score (nSPS) is 19.6. The topological polar surface area (TPSA) is 81.4 Å². The fraction of sp³-hybridized carbons (Fsp3) is 0.571. The Morgan fingerprint density at radius 3 is 2.86 bits per heavy atom. The van der Waals surface area contributed by atoms with E-state index >= 15 is 0 Å². The van der Waals surface area contributed by atoms with Gasteiger partial charge >= 0.3 is 0 Å². The van der Waals surface area contributed by atoms with E-state index in [2.05, 4.69) is 4.72 Å². The molecule has 1 aromatic carbocycles. The van der Waals surface area contributed by atoms with Gasteiger partial charge in [-0.3, -0.25) is 0 Å². The van der Waals surface area contributed by atoms with Gasteiger partial charge in [0.25, 0.3) is 0 Å². The van der Waals surface area contributed by atoms with Crippen LogP contribution in [-0.2, 0) is 21.3 Å². The lowest BCUT2D eigenvalue weighted by molar-refractivity contribution is 0.0123. The second-order valence-electron chi connectivity index (χ2n) is 5.13. The molecule has 7 heteroatoms. The first-order valence-electron chi connectivity index (χ1n) is 7.12. The average molecular weight is 333 g/mol. The van der Waals surface area contributed by atoms with Gasteiger partial charge in [-0.1, -0.05) is 11.6 Å². The highest BCUT2D eigenvalue weighted by molar-refractivity contribution is 7.89. The van der Waals surface area contributed by atoms with Crippen LogP contribution in [0.4, 0.5) is 0 Å². The summed E-state index contributed by atoms with van der Waals surface area (Å²) in [6.07, 6.45) is 4.09. The monoisotopic (exact) mass is 332 g/mol. The Labute approximate surface area is 130 Å². The zero-order valence-electron chi connectivity index (χ0n) is 11.8. The molecule has 1 fully saturated rings. The van der Waals surface area contributed by atoms with Crippen molar-refractivity contribution >= 4 is 21.6 Å². The van der Waals surface area contributed by atoms with Crippen molar-refractivity contribution in [3.05, 3.63) is 28.8 Å². The number of benzene rings is 1. The first kappa shape index (κ1) is 16.7. The van der Waals surface area contributed by atoms with E-state index in [0.29, 0.717) is 23.6 Å². The van der Waals surface area contributed by atoms with Crippen LogP contribution in [0.5, 0.6) is 0 Å². The molecule has 1 atom stereocenters. The maximum Gasteiger partial charge on any atom is 0.240 e. The number of sulfonamides is 1. The number of halogens is 1. The van der Waals surface area contributed by atoms with Crippen LogP contribution in [0.1, 0.15) is 31.2 Å². The zero-order chi connectivity index (χ0) is 15.3. The summed E-state index contributed by atoms with van der Waals surface area (Å²) in [5.41, 5.74) is 6.16. The first-order valence-corrected chi connectivity index (χ1v) is 8.99. The molecule has 0 spiro atoms. The van der Waals surface area contributed by atoms with E-state index in [1.54, 1.807) is 6.07 Å². The molecule has 1 aliphatic heterocycles. The van der Waals surface area contributed by atoms with E-state index in [4.69, 9.17) is 22.1 Å². The molecule has 0 radical (unpaired) electrons. The van der Waals surface area contributed by atoms with Crippen LogP contribution < -0.4 is 10.5 Å². The Hall–Kier alpha value is -0.660. The maximum atomic E-state index is 12.2. The number of ether oxygens (including phenoxy) is 1. The Kier molecular flexibility index (Phi) is 6.01. The second-order valence-corrected chi connectivity index (χ2v) is 7.31. The van der Waals surface area contributed by atoms with Crippen LogP contribution in [0.2, 0.25) is 5.02 Å². The van der Waals surface area contributed by atoms with Crippen LogP contribution in [-0.4, -0.2) is 27.7 Å². The zero-order valence-corrected chi connectivity index (χ0v) is 13.4. The van der Waals surface area contributed by atoms with E-state index < -0.39 is 10.0 Å². The molecule has 5 nitrogen and oxygen atoms in total. The second kappa shape index (κ2) is 7.56. The number of hydrogen-bond acceptors (Lipinski definition) is 4. The van der Waals surface area contributed by atoms with Crippen molar-refractivity contribution in [2.45, 2.75) is 43.2 Å². The lowest BCUT2D eigenvalue weighted by atomic mass is 10.1. The average Bonchev–Trinajstić information content (AvgIpc) is 2.48. The van der Waals surface area contributed by atoms with Gasteiger partial charge in [-0.2, -0.15) is 0 Å². The molecule has 0 saturated carbocycles. The van der Waals surface area contributed by atoms with Gasteiger partial charge in [-0.05, 0) is 49.4 Å². The van der Waals surface area contributed by atoms with Crippen molar-refractivity contribution in [1.29, 1.82) is 0 Å². The van der Waals surface area contributed by atoms with Crippen LogP contribution in [0.15, 0.2) is 23.1 Å². The van der Waals surface area contributed by atoms with E-state index in [9.17, 15) is 8.42 Å². The molecule has 0 bridgehead atoms. The van der Waals surface area contributed by atoms with Crippen LogP contribution in [0.25, 0.3) is 0 Å². The van der Waals surface area contributed by atoms with Crippen LogP contribution in [0.3, 0.4) is 0 Å². The summed E-state index contributed by atoms with van der Waals surface area (Å²) < 4.78 is 32.6. The van der Waals surface area contributed by atoms with Crippen molar-refractivity contribution in [3.8, 4) is 0 Å². The highest BCUT2D eigenvalue weighted by Crippen LogP contribution is 2.20. The lowest BCUT2D eigenvalue weighted by Gasteiger charge is -2.22. The highest BCUT2D eigenvalue weighted by Gasteiger charge is 2.18. The lowest BCUT2D eigenvalue weighted by Crippen LogP contribution is -2.29. The van der Waals surface area contributed by atoms with Crippen LogP contribution >= 0.6 is 11.6 Å². The minimum Gasteiger partial charge on any atom is -0.378 e. The van der Waals surface area contributed by atoms with E-state index in [-0.39, 0.29) is 17.5 Å². The summed E-state index contributed by atoms with van der Waals surface area (Å²) in [6.45, 7) is 1.35. The molecule has 0 aromatic heterocycles. The third kappa shape index (κ3) is 4.66. The molecule has 21 heavy (non-hydrogen) atoms. The quantitative estimate of drug-likeness (QED) is 0.835. The summed E-state index contributed by atoms with van der Waals surface area (Å²) in [4.78, 5) is 0.192. The third-order valence-electron chi connectivity index (χ3n) is 3.58. The van der Waals surface area contributed by atoms with Crippen LogP contribution in [0, 0.1) is 0 Å². The summed E-state index contributed by atoms with van der Waals surface area (Å²) in [5, 5.41) is 0.479. The first-order chi connectivity index (χ1) is 10.0. The number of nitrogens with two attached hydrogens (primary N) is 1. The van der Waals surface area contributed by atoms with Gasteiger partial charge in [0, 0.05) is 24.7 Å². The molecular weight excluding hydrogens is 312 g/mol. The highest BCUT2D eigenvalue weighted by atomic mass is 35.5. The minimum absolute atomic E-state index is 0.159.